The lowest BCUT2D eigenvalue weighted by molar-refractivity contribution is -0.0715. The third-order valence-corrected chi connectivity index (χ3v) is 6.00. The van der Waals surface area contributed by atoms with Crippen molar-refractivity contribution in [2.24, 2.45) is 5.92 Å². The van der Waals surface area contributed by atoms with Crippen molar-refractivity contribution in [3.8, 4) is 0 Å². The van der Waals surface area contributed by atoms with Crippen molar-refractivity contribution in [3.63, 3.8) is 0 Å². The standard InChI is InChI=1S/C22H37NO/c1-8-22(6,7)21-11-9-20(10-12-21)19(5)16(2)13-23-14-17(3)24-18(4)15-23/h9-12,16-19H,8,13-15H2,1-7H3. The molecule has 1 saturated heterocycles. The van der Waals surface area contributed by atoms with E-state index < -0.39 is 0 Å². The minimum absolute atomic E-state index is 0.271. The van der Waals surface area contributed by atoms with E-state index in [1.54, 1.807) is 0 Å². The average Bonchev–Trinajstić information content (AvgIpc) is 2.53. The Labute approximate surface area is 149 Å². The van der Waals surface area contributed by atoms with Gasteiger partial charge in [0.25, 0.3) is 0 Å². The fourth-order valence-corrected chi connectivity index (χ4v) is 3.77. The lowest BCUT2D eigenvalue weighted by Gasteiger charge is -2.37. The van der Waals surface area contributed by atoms with Gasteiger partial charge in [-0.3, -0.25) is 4.90 Å². The van der Waals surface area contributed by atoms with Crippen molar-refractivity contribution in [1.82, 2.24) is 4.90 Å². The third-order valence-electron chi connectivity index (χ3n) is 6.00. The number of nitrogens with zero attached hydrogens (tertiary/aromatic N) is 1. The van der Waals surface area contributed by atoms with E-state index in [2.05, 4.69) is 77.6 Å². The van der Waals surface area contributed by atoms with E-state index >= 15 is 0 Å². The first kappa shape index (κ1) is 19.5. The summed E-state index contributed by atoms with van der Waals surface area (Å²) in [5.41, 5.74) is 3.19. The maximum Gasteiger partial charge on any atom is 0.0678 e. The second-order valence-electron chi connectivity index (χ2n) is 8.60. The monoisotopic (exact) mass is 331 g/mol. The highest BCUT2D eigenvalue weighted by Crippen LogP contribution is 2.30. The van der Waals surface area contributed by atoms with Crippen LogP contribution in [-0.2, 0) is 10.2 Å². The Balaban J connectivity index is 1.98. The SMILES string of the molecule is CCC(C)(C)c1ccc(C(C)C(C)CN2CC(C)OC(C)C2)cc1. The molecule has 136 valence electrons. The van der Waals surface area contributed by atoms with Gasteiger partial charge in [-0.1, -0.05) is 58.9 Å². The van der Waals surface area contributed by atoms with Crippen LogP contribution < -0.4 is 0 Å². The van der Waals surface area contributed by atoms with Crippen LogP contribution in [0.4, 0.5) is 0 Å². The molecule has 0 saturated carbocycles. The van der Waals surface area contributed by atoms with Crippen LogP contribution in [0.1, 0.15) is 71.9 Å². The second kappa shape index (κ2) is 8.01. The van der Waals surface area contributed by atoms with Crippen molar-refractivity contribution in [3.05, 3.63) is 35.4 Å². The maximum absolute atomic E-state index is 5.86. The van der Waals surface area contributed by atoms with Gasteiger partial charge in [-0.05, 0) is 48.6 Å². The Bertz CT molecular complexity index is 497. The van der Waals surface area contributed by atoms with Gasteiger partial charge in [0.05, 0.1) is 12.2 Å². The van der Waals surface area contributed by atoms with Gasteiger partial charge in [0.2, 0.25) is 0 Å². The highest BCUT2D eigenvalue weighted by Gasteiger charge is 2.25. The Hall–Kier alpha value is -0.860. The van der Waals surface area contributed by atoms with Crippen molar-refractivity contribution < 1.29 is 4.74 Å². The van der Waals surface area contributed by atoms with E-state index in [9.17, 15) is 0 Å². The minimum Gasteiger partial charge on any atom is -0.373 e. The van der Waals surface area contributed by atoms with Gasteiger partial charge in [0.15, 0.2) is 0 Å². The summed E-state index contributed by atoms with van der Waals surface area (Å²) in [5.74, 6) is 1.23. The first-order valence-corrected chi connectivity index (χ1v) is 9.71. The summed E-state index contributed by atoms with van der Waals surface area (Å²) >= 11 is 0. The Morgan fingerprint density at radius 3 is 2.12 bits per heavy atom. The zero-order chi connectivity index (χ0) is 17.9. The van der Waals surface area contributed by atoms with E-state index in [1.165, 1.54) is 17.5 Å². The van der Waals surface area contributed by atoms with Crippen LogP contribution in [0.15, 0.2) is 24.3 Å². The summed E-state index contributed by atoms with van der Waals surface area (Å²) in [4.78, 5) is 2.58. The zero-order valence-electron chi connectivity index (χ0n) is 16.8. The fraction of sp³-hybridized carbons (Fsp3) is 0.727. The van der Waals surface area contributed by atoms with Crippen LogP contribution in [0.25, 0.3) is 0 Å². The molecule has 0 bridgehead atoms. The summed E-state index contributed by atoms with van der Waals surface area (Å²) in [5, 5.41) is 0. The lowest BCUT2D eigenvalue weighted by atomic mass is 9.80. The van der Waals surface area contributed by atoms with Crippen LogP contribution in [0.5, 0.6) is 0 Å². The molecule has 0 N–H and O–H groups in total. The predicted octanol–water partition coefficient (Wildman–Crippen LogP) is 5.22. The van der Waals surface area contributed by atoms with Gasteiger partial charge < -0.3 is 4.74 Å². The molecule has 0 aliphatic carbocycles. The molecule has 2 heteroatoms. The van der Waals surface area contributed by atoms with Crippen molar-refractivity contribution in [2.45, 2.75) is 78.4 Å². The van der Waals surface area contributed by atoms with Crippen LogP contribution in [0.3, 0.4) is 0 Å². The van der Waals surface area contributed by atoms with E-state index in [0.717, 1.165) is 19.6 Å². The molecule has 4 unspecified atom stereocenters. The van der Waals surface area contributed by atoms with Crippen LogP contribution in [0.2, 0.25) is 0 Å². The zero-order valence-corrected chi connectivity index (χ0v) is 16.8. The first-order valence-electron chi connectivity index (χ1n) is 9.71. The largest absolute Gasteiger partial charge is 0.373 e. The number of rotatable bonds is 6. The second-order valence-corrected chi connectivity index (χ2v) is 8.60. The lowest BCUT2D eigenvalue weighted by Crippen LogP contribution is -2.47. The van der Waals surface area contributed by atoms with Crippen molar-refractivity contribution >= 4 is 0 Å². The number of hydrogen-bond donors (Lipinski definition) is 0. The highest BCUT2D eigenvalue weighted by atomic mass is 16.5. The number of morpholine rings is 1. The minimum atomic E-state index is 0.271. The fourth-order valence-electron chi connectivity index (χ4n) is 3.77. The Morgan fingerprint density at radius 1 is 1.08 bits per heavy atom. The molecule has 0 aromatic heterocycles. The summed E-state index contributed by atoms with van der Waals surface area (Å²) in [7, 11) is 0. The molecule has 1 aliphatic heterocycles. The van der Waals surface area contributed by atoms with E-state index in [0.29, 0.717) is 24.0 Å². The predicted molar refractivity (Wildman–Crippen MR) is 104 cm³/mol. The average molecular weight is 332 g/mol. The molecular weight excluding hydrogens is 294 g/mol. The van der Waals surface area contributed by atoms with E-state index in [4.69, 9.17) is 4.74 Å². The van der Waals surface area contributed by atoms with E-state index in [-0.39, 0.29) is 5.41 Å². The molecular formula is C22H37NO. The summed E-state index contributed by atoms with van der Waals surface area (Å²) in [6.07, 6.45) is 1.88. The van der Waals surface area contributed by atoms with Crippen LogP contribution >= 0.6 is 0 Å². The normalized spacial score (nSPS) is 25.5. The molecule has 1 aliphatic rings. The maximum atomic E-state index is 5.86. The number of hydrogen-bond acceptors (Lipinski definition) is 2. The molecule has 2 rings (SSSR count). The van der Waals surface area contributed by atoms with Crippen molar-refractivity contribution in [1.29, 1.82) is 0 Å². The molecule has 0 spiro atoms. The molecule has 4 atom stereocenters. The quantitative estimate of drug-likeness (QED) is 0.708. The van der Waals surface area contributed by atoms with Gasteiger partial charge in [-0.25, -0.2) is 0 Å². The molecule has 1 aromatic carbocycles. The van der Waals surface area contributed by atoms with Gasteiger partial charge >= 0.3 is 0 Å². The molecule has 0 radical (unpaired) electrons. The number of ether oxygens (including phenoxy) is 1. The van der Waals surface area contributed by atoms with Gasteiger partial charge in [0.1, 0.15) is 0 Å². The third kappa shape index (κ3) is 4.83. The van der Waals surface area contributed by atoms with Gasteiger partial charge in [-0.2, -0.15) is 0 Å². The number of benzene rings is 1. The summed E-state index contributed by atoms with van der Waals surface area (Å²) < 4.78 is 5.86. The molecule has 1 heterocycles. The highest BCUT2D eigenvalue weighted by molar-refractivity contribution is 5.30. The summed E-state index contributed by atoms with van der Waals surface area (Å²) in [6, 6.07) is 9.36. The molecule has 2 nitrogen and oxygen atoms in total. The topological polar surface area (TPSA) is 12.5 Å². The Morgan fingerprint density at radius 2 is 1.62 bits per heavy atom. The van der Waals surface area contributed by atoms with Gasteiger partial charge in [0, 0.05) is 19.6 Å². The Kier molecular flexibility index (Phi) is 6.50. The first-order chi connectivity index (χ1) is 11.2. The van der Waals surface area contributed by atoms with Crippen LogP contribution in [-0.4, -0.2) is 36.7 Å². The molecule has 24 heavy (non-hydrogen) atoms. The van der Waals surface area contributed by atoms with Crippen LogP contribution in [0, 0.1) is 5.92 Å². The smallest absolute Gasteiger partial charge is 0.0678 e. The molecule has 1 aromatic rings. The van der Waals surface area contributed by atoms with Crippen molar-refractivity contribution in [2.75, 3.05) is 19.6 Å². The van der Waals surface area contributed by atoms with E-state index in [1.807, 2.05) is 0 Å². The summed E-state index contributed by atoms with van der Waals surface area (Å²) in [6.45, 7) is 19.3. The van der Waals surface area contributed by atoms with Gasteiger partial charge in [-0.15, -0.1) is 0 Å². The molecule has 0 amide bonds. The molecule has 1 fully saturated rings.